The molecule has 0 spiro atoms. The van der Waals surface area contributed by atoms with E-state index in [-0.39, 0.29) is 49.1 Å². The lowest BCUT2D eigenvalue weighted by atomic mass is 10.1. The monoisotopic (exact) mass is 891 g/mol. The number of ether oxygens (including phenoxy) is 3. The highest BCUT2D eigenvalue weighted by atomic mass is 16.6. The van der Waals surface area contributed by atoms with Gasteiger partial charge in [-0.1, -0.05) is 168 Å². The summed E-state index contributed by atoms with van der Waals surface area (Å²) >= 11 is 0. The van der Waals surface area contributed by atoms with Crippen molar-refractivity contribution in [1.29, 1.82) is 0 Å². The number of hydrogen-bond acceptors (Lipinski definition) is 6. The highest BCUT2D eigenvalue weighted by Crippen LogP contribution is 2.12. The SMILES string of the molecule is CC/C=C/C/C=C/C/C=C/C/C=C/C/C=C/C/C=C/CCCCCCC(=O)OC(COCCC(C(=O)O)[N+](C)(C)C)COC(=O)CCC/C=C/C/C=C/C/C=C/CCCCCCCC. The fraction of sp³-hybridized carbons (Fsp3) is 0.625. The minimum atomic E-state index is -0.890. The van der Waals surface area contributed by atoms with Crippen molar-refractivity contribution in [2.45, 2.75) is 187 Å². The average Bonchev–Trinajstić information content (AvgIpc) is 3.26. The van der Waals surface area contributed by atoms with Gasteiger partial charge in [-0.05, 0) is 96.3 Å². The number of carbonyl (C=O) groups is 3. The van der Waals surface area contributed by atoms with Gasteiger partial charge in [0.15, 0.2) is 12.1 Å². The highest BCUT2D eigenvalue weighted by molar-refractivity contribution is 5.72. The summed E-state index contributed by atoms with van der Waals surface area (Å²) in [5.74, 6) is -1.58. The van der Waals surface area contributed by atoms with Crippen LogP contribution in [0.2, 0.25) is 0 Å². The Hall–Kier alpha value is -4.01. The van der Waals surface area contributed by atoms with Crippen molar-refractivity contribution in [3.63, 3.8) is 0 Å². The van der Waals surface area contributed by atoms with Gasteiger partial charge < -0.3 is 23.8 Å². The zero-order valence-electron chi connectivity index (χ0n) is 41.2. The Morgan fingerprint density at radius 2 is 0.891 bits per heavy atom. The third kappa shape index (κ3) is 43.3. The molecular formula is C56H92NO7+. The minimum Gasteiger partial charge on any atom is -0.477 e. The molecule has 8 heteroatoms. The highest BCUT2D eigenvalue weighted by Gasteiger charge is 2.31. The van der Waals surface area contributed by atoms with Gasteiger partial charge in [-0.25, -0.2) is 4.79 Å². The lowest BCUT2D eigenvalue weighted by Crippen LogP contribution is -2.50. The van der Waals surface area contributed by atoms with Crippen LogP contribution in [0.1, 0.15) is 174 Å². The van der Waals surface area contributed by atoms with Crippen molar-refractivity contribution in [3.05, 3.63) is 109 Å². The van der Waals surface area contributed by atoms with E-state index >= 15 is 0 Å². The molecule has 0 aliphatic heterocycles. The fourth-order valence-electron chi connectivity index (χ4n) is 6.58. The van der Waals surface area contributed by atoms with Crippen molar-refractivity contribution < 1.29 is 38.2 Å². The largest absolute Gasteiger partial charge is 0.477 e. The van der Waals surface area contributed by atoms with Crippen LogP contribution in [0.15, 0.2) is 109 Å². The van der Waals surface area contributed by atoms with Crippen LogP contribution < -0.4 is 0 Å². The predicted octanol–water partition coefficient (Wildman–Crippen LogP) is 14.4. The van der Waals surface area contributed by atoms with E-state index in [2.05, 4.69) is 123 Å². The van der Waals surface area contributed by atoms with Gasteiger partial charge in [0.1, 0.15) is 6.61 Å². The molecular weight excluding hydrogens is 799 g/mol. The predicted molar refractivity (Wildman–Crippen MR) is 270 cm³/mol. The normalized spacial score (nSPS) is 13.8. The topological polar surface area (TPSA) is 99.1 Å². The summed E-state index contributed by atoms with van der Waals surface area (Å²) in [7, 11) is 5.50. The molecule has 0 saturated carbocycles. The number of rotatable bonds is 43. The first-order valence-corrected chi connectivity index (χ1v) is 24.9. The van der Waals surface area contributed by atoms with Crippen LogP contribution in [0.25, 0.3) is 0 Å². The van der Waals surface area contributed by atoms with Gasteiger partial charge in [-0.15, -0.1) is 0 Å². The standard InChI is InChI=1S/C56H91NO7/c1-6-8-10-12-14-16-18-20-22-24-25-26-27-28-29-31-33-35-37-39-41-43-45-47-55(59)64-52(50-62-49-48-53(56(60)61)57(3,4)5)51-63-54(58)46-44-42-40-38-36-34-32-30-23-21-19-17-15-13-11-9-7-2/h8,10,14,16,20-23,25-26,28-29,32-35,38,40,52-53H,6-7,9,11-13,15,17-19,24,27,30-31,36-37,39,41-51H2,1-5H3/p+1/b10-8+,16-14+,22-20+,23-21+,26-25+,29-28+,34-32+,35-33+,40-38+. The summed E-state index contributed by atoms with van der Waals surface area (Å²) in [6.45, 7) is 4.52. The third-order valence-electron chi connectivity index (χ3n) is 10.4. The Bertz CT molecular complexity index is 1410. The van der Waals surface area contributed by atoms with Crippen LogP contribution >= 0.6 is 0 Å². The molecule has 0 heterocycles. The maximum absolute atomic E-state index is 12.8. The molecule has 0 aliphatic carbocycles. The number of carboxylic acid groups (broad SMARTS) is 1. The molecule has 0 aromatic heterocycles. The molecule has 0 amide bonds. The first-order chi connectivity index (χ1) is 31.1. The second kappa shape index (κ2) is 45.6. The molecule has 0 rings (SSSR count). The van der Waals surface area contributed by atoms with Gasteiger partial charge in [-0.2, -0.15) is 0 Å². The number of hydrogen-bond donors (Lipinski definition) is 1. The Morgan fingerprint density at radius 1 is 0.484 bits per heavy atom. The van der Waals surface area contributed by atoms with Gasteiger partial charge in [-0.3, -0.25) is 9.59 Å². The zero-order valence-corrected chi connectivity index (χ0v) is 41.2. The van der Waals surface area contributed by atoms with Crippen LogP contribution in [0.5, 0.6) is 0 Å². The van der Waals surface area contributed by atoms with E-state index in [1.807, 2.05) is 21.1 Å². The fourth-order valence-corrected chi connectivity index (χ4v) is 6.58. The van der Waals surface area contributed by atoms with E-state index in [4.69, 9.17) is 14.2 Å². The van der Waals surface area contributed by atoms with E-state index < -0.39 is 18.1 Å². The van der Waals surface area contributed by atoms with Crippen LogP contribution in [0.3, 0.4) is 0 Å². The van der Waals surface area contributed by atoms with Gasteiger partial charge >= 0.3 is 17.9 Å². The Balaban J connectivity index is 4.43. The zero-order chi connectivity index (χ0) is 47.0. The van der Waals surface area contributed by atoms with Gasteiger partial charge in [0.05, 0.1) is 34.4 Å². The Kier molecular flexibility index (Phi) is 42.7. The lowest BCUT2D eigenvalue weighted by Gasteiger charge is -2.31. The second-order valence-electron chi connectivity index (χ2n) is 17.3. The smallest absolute Gasteiger partial charge is 0.362 e. The van der Waals surface area contributed by atoms with E-state index in [9.17, 15) is 19.5 Å². The van der Waals surface area contributed by atoms with Crippen molar-refractivity contribution in [2.24, 2.45) is 0 Å². The molecule has 0 saturated heterocycles. The first kappa shape index (κ1) is 60.0. The Labute approximate surface area is 391 Å². The minimum absolute atomic E-state index is 0.0274. The average molecular weight is 891 g/mol. The van der Waals surface area contributed by atoms with Gasteiger partial charge in [0, 0.05) is 19.3 Å². The van der Waals surface area contributed by atoms with Crippen LogP contribution in [-0.2, 0) is 28.6 Å². The molecule has 2 atom stereocenters. The number of likely N-dealkylation sites (N-methyl/N-ethyl adjacent to an activating group) is 1. The summed E-state index contributed by atoms with van der Waals surface area (Å²) in [5.41, 5.74) is 0. The molecule has 362 valence electrons. The number of aliphatic carboxylic acids is 1. The molecule has 1 N–H and O–H groups in total. The maximum Gasteiger partial charge on any atom is 0.362 e. The van der Waals surface area contributed by atoms with Gasteiger partial charge in [0.25, 0.3) is 0 Å². The number of nitrogens with zero attached hydrogens (tertiary/aromatic N) is 1. The van der Waals surface area contributed by atoms with Gasteiger partial charge in [0.2, 0.25) is 0 Å². The number of allylic oxidation sites excluding steroid dienone is 18. The van der Waals surface area contributed by atoms with Crippen molar-refractivity contribution in [2.75, 3.05) is 41.0 Å². The molecule has 0 fully saturated rings. The van der Waals surface area contributed by atoms with Crippen molar-refractivity contribution in [1.82, 2.24) is 0 Å². The van der Waals surface area contributed by atoms with Crippen molar-refractivity contribution >= 4 is 17.9 Å². The van der Waals surface area contributed by atoms with E-state index in [0.29, 0.717) is 12.8 Å². The molecule has 2 unspecified atom stereocenters. The van der Waals surface area contributed by atoms with Crippen LogP contribution in [0.4, 0.5) is 0 Å². The molecule has 0 radical (unpaired) electrons. The summed E-state index contributed by atoms with van der Waals surface area (Å²) in [4.78, 5) is 37.1. The van der Waals surface area contributed by atoms with Crippen LogP contribution in [-0.4, -0.2) is 80.6 Å². The quantitative estimate of drug-likeness (QED) is 0.0282. The first-order valence-electron chi connectivity index (χ1n) is 24.9. The number of carbonyl (C=O) groups excluding carboxylic acids is 2. The van der Waals surface area contributed by atoms with Crippen LogP contribution in [0, 0.1) is 0 Å². The summed E-state index contributed by atoms with van der Waals surface area (Å²) < 4.78 is 17.2. The molecule has 0 bridgehead atoms. The second-order valence-corrected chi connectivity index (χ2v) is 17.3. The number of unbranched alkanes of at least 4 members (excludes halogenated alkanes) is 11. The van der Waals surface area contributed by atoms with E-state index in [0.717, 1.165) is 89.9 Å². The molecule has 64 heavy (non-hydrogen) atoms. The number of esters is 2. The number of quaternary nitrogens is 1. The Morgan fingerprint density at radius 3 is 1.34 bits per heavy atom. The van der Waals surface area contributed by atoms with Crippen molar-refractivity contribution in [3.8, 4) is 0 Å². The molecule has 0 aliphatic rings. The summed E-state index contributed by atoms with van der Waals surface area (Å²) in [6, 6.07) is -0.634. The van der Waals surface area contributed by atoms with E-state index in [1.54, 1.807) is 0 Å². The molecule has 8 nitrogen and oxygen atoms in total. The third-order valence-corrected chi connectivity index (χ3v) is 10.4. The summed E-state index contributed by atoms with van der Waals surface area (Å²) in [6.07, 6.45) is 62.9. The molecule has 0 aromatic carbocycles. The summed E-state index contributed by atoms with van der Waals surface area (Å²) in [5, 5.41) is 9.65. The molecule has 0 aromatic rings. The lowest BCUT2D eigenvalue weighted by molar-refractivity contribution is -0.887. The van der Waals surface area contributed by atoms with E-state index in [1.165, 1.54) is 44.9 Å². The number of carboxylic acids is 1. The maximum atomic E-state index is 12.8.